The van der Waals surface area contributed by atoms with Crippen LogP contribution in [0.3, 0.4) is 0 Å². The molecule has 1 amide bonds. The highest BCUT2D eigenvalue weighted by atomic mass is 32.2. The van der Waals surface area contributed by atoms with Gasteiger partial charge in [0, 0.05) is 5.56 Å². The molecule has 3 rings (SSSR count). The summed E-state index contributed by atoms with van der Waals surface area (Å²) in [4.78, 5) is 14.1. The van der Waals surface area contributed by atoms with Crippen molar-refractivity contribution in [2.45, 2.75) is 12.5 Å². The molecule has 0 radical (unpaired) electrons. The van der Waals surface area contributed by atoms with E-state index in [-0.39, 0.29) is 17.4 Å². The van der Waals surface area contributed by atoms with Crippen LogP contribution in [0.25, 0.3) is 6.08 Å². The molecule has 1 aromatic rings. The van der Waals surface area contributed by atoms with E-state index in [2.05, 4.69) is 0 Å². The summed E-state index contributed by atoms with van der Waals surface area (Å²) >= 11 is 6.27. The smallest absolute Gasteiger partial charge is 0.266 e. The minimum atomic E-state index is -3.11. The second-order valence-corrected chi connectivity index (χ2v) is 9.03. The number of thiocarbonyl (C=S) groups is 1. The van der Waals surface area contributed by atoms with E-state index in [1.165, 1.54) is 17.0 Å². The van der Waals surface area contributed by atoms with Crippen molar-refractivity contribution in [3.63, 3.8) is 0 Å². The van der Waals surface area contributed by atoms with Crippen LogP contribution in [0.1, 0.15) is 12.0 Å². The van der Waals surface area contributed by atoms with E-state index < -0.39 is 21.7 Å². The van der Waals surface area contributed by atoms with E-state index in [0.29, 0.717) is 21.2 Å². The standard InChI is InChI=1S/C14H12FNO3S3/c15-11-4-2-1-3-9(11)7-12-13(17)16(14(20)21-12)10-5-6-22(18,19)8-10/h1-4,7,10H,5-6,8H2/b12-7-/t10-/m1/s1. The largest absolute Gasteiger partial charge is 0.289 e. The monoisotopic (exact) mass is 357 g/mol. The first kappa shape index (κ1) is 15.6. The van der Waals surface area contributed by atoms with Crippen LogP contribution in [-0.2, 0) is 14.6 Å². The molecule has 2 fully saturated rings. The second-order valence-electron chi connectivity index (χ2n) is 5.13. The SMILES string of the molecule is O=C1/C(=C/c2ccccc2F)SC(=S)N1[C@@H]1CCS(=O)(=O)C1. The Morgan fingerprint density at radius 2 is 2.09 bits per heavy atom. The molecule has 116 valence electrons. The van der Waals surface area contributed by atoms with Gasteiger partial charge in [0.05, 0.1) is 22.5 Å². The Morgan fingerprint density at radius 3 is 2.73 bits per heavy atom. The molecule has 8 heteroatoms. The number of carbonyl (C=O) groups excluding carboxylic acids is 1. The number of amides is 1. The van der Waals surface area contributed by atoms with Crippen molar-refractivity contribution in [2.75, 3.05) is 11.5 Å². The van der Waals surface area contributed by atoms with E-state index in [9.17, 15) is 17.6 Å². The summed E-state index contributed by atoms with van der Waals surface area (Å²) < 4.78 is 37.2. The fraction of sp³-hybridized carbons (Fsp3) is 0.286. The van der Waals surface area contributed by atoms with Crippen LogP contribution in [0, 0.1) is 5.82 Å². The van der Waals surface area contributed by atoms with E-state index in [0.717, 1.165) is 11.8 Å². The average molecular weight is 357 g/mol. The van der Waals surface area contributed by atoms with Crippen molar-refractivity contribution in [1.82, 2.24) is 4.90 Å². The Balaban J connectivity index is 1.88. The zero-order valence-electron chi connectivity index (χ0n) is 11.4. The van der Waals surface area contributed by atoms with Crippen molar-refractivity contribution < 1.29 is 17.6 Å². The molecule has 2 saturated heterocycles. The lowest BCUT2D eigenvalue weighted by Gasteiger charge is -2.20. The van der Waals surface area contributed by atoms with Gasteiger partial charge in [-0.15, -0.1) is 0 Å². The van der Waals surface area contributed by atoms with Crippen LogP contribution < -0.4 is 0 Å². The molecule has 0 aromatic heterocycles. The van der Waals surface area contributed by atoms with Gasteiger partial charge >= 0.3 is 0 Å². The van der Waals surface area contributed by atoms with Crippen LogP contribution >= 0.6 is 24.0 Å². The van der Waals surface area contributed by atoms with Crippen LogP contribution in [0.4, 0.5) is 4.39 Å². The summed E-state index contributed by atoms with van der Waals surface area (Å²) in [6.45, 7) is 0. The Labute approximate surface area is 137 Å². The number of hydrogen-bond acceptors (Lipinski definition) is 5. The van der Waals surface area contributed by atoms with Gasteiger partial charge < -0.3 is 0 Å². The summed E-state index contributed by atoms with van der Waals surface area (Å²) in [7, 11) is -3.11. The molecule has 1 atom stereocenters. The van der Waals surface area contributed by atoms with Gasteiger partial charge in [0.1, 0.15) is 10.1 Å². The highest BCUT2D eigenvalue weighted by molar-refractivity contribution is 8.26. The zero-order valence-corrected chi connectivity index (χ0v) is 13.8. The first-order chi connectivity index (χ1) is 10.4. The van der Waals surface area contributed by atoms with Crippen molar-refractivity contribution in [3.05, 3.63) is 40.6 Å². The highest BCUT2D eigenvalue weighted by Gasteiger charge is 2.42. The van der Waals surface area contributed by atoms with Gasteiger partial charge in [0.25, 0.3) is 5.91 Å². The predicted octanol–water partition coefficient (Wildman–Crippen LogP) is 2.21. The molecule has 0 N–H and O–H groups in total. The summed E-state index contributed by atoms with van der Waals surface area (Å²) in [6, 6.07) is 5.72. The molecule has 4 nitrogen and oxygen atoms in total. The minimum Gasteiger partial charge on any atom is -0.289 e. The lowest BCUT2D eigenvalue weighted by Crippen LogP contribution is -2.39. The van der Waals surface area contributed by atoms with Crippen LogP contribution in [0.5, 0.6) is 0 Å². The summed E-state index contributed by atoms with van der Waals surface area (Å²) in [5.41, 5.74) is 0.307. The third-order valence-corrected chi connectivity index (χ3v) is 6.67. The minimum absolute atomic E-state index is 0.0631. The van der Waals surface area contributed by atoms with Crippen molar-refractivity contribution in [1.29, 1.82) is 0 Å². The van der Waals surface area contributed by atoms with E-state index >= 15 is 0 Å². The topological polar surface area (TPSA) is 54.5 Å². The number of carbonyl (C=O) groups is 1. The quantitative estimate of drug-likeness (QED) is 0.600. The third kappa shape index (κ3) is 2.95. The molecule has 0 saturated carbocycles. The Kier molecular flexibility index (Phi) is 4.09. The first-order valence-corrected chi connectivity index (χ1v) is 9.64. The van der Waals surface area contributed by atoms with Crippen molar-refractivity contribution in [3.8, 4) is 0 Å². The highest BCUT2D eigenvalue weighted by Crippen LogP contribution is 2.36. The number of thioether (sulfide) groups is 1. The molecular formula is C14H12FNO3S3. The molecule has 0 unspecified atom stereocenters. The van der Waals surface area contributed by atoms with Gasteiger partial charge in [0.15, 0.2) is 9.84 Å². The fourth-order valence-corrected chi connectivity index (χ4v) is 5.60. The molecule has 0 spiro atoms. The number of sulfone groups is 1. The first-order valence-electron chi connectivity index (χ1n) is 6.59. The van der Waals surface area contributed by atoms with E-state index in [1.807, 2.05) is 0 Å². The van der Waals surface area contributed by atoms with Crippen molar-refractivity contribution in [2.24, 2.45) is 0 Å². The molecule has 0 bridgehead atoms. The Morgan fingerprint density at radius 1 is 1.36 bits per heavy atom. The maximum absolute atomic E-state index is 13.7. The lowest BCUT2D eigenvalue weighted by atomic mass is 10.2. The third-order valence-electron chi connectivity index (χ3n) is 3.59. The molecule has 1 aromatic carbocycles. The number of benzene rings is 1. The maximum Gasteiger partial charge on any atom is 0.266 e. The molecule has 2 heterocycles. The fourth-order valence-electron chi connectivity index (χ4n) is 2.51. The van der Waals surface area contributed by atoms with Gasteiger partial charge in [0.2, 0.25) is 0 Å². The average Bonchev–Trinajstić information content (AvgIpc) is 2.92. The molecule has 2 aliphatic rings. The number of nitrogens with zero attached hydrogens (tertiary/aromatic N) is 1. The molecule has 2 aliphatic heterocycles. The number of rotatable bonds is 2. The summed E-state index contributed by atoms with van der Waals surface area (Å²) in [6.07, 6.45) is 1.85. The van der Waals surface area contributed by atoms with E-state index in [1.54, 1.807) is 18.2 Å². The van der Waals surface area contributed by atoms with E-state index in [4.69, 9.17) is 12.2 Å². The van der Waals surface area contributed by atoms with Crippen LogP contribution in [-0.4, -0.2) is 41.1 Å². The number of hydrogen-bond donors (Lipinski definition) is 0. The van der Waals surface area contributed by atoms with Crippen molar-refractivity contribution >= 4 is 50.1 Å². The molecule has 22 heavy (non-hydrogen) atoms. The second kappa shape index (κ2) is 5.75. The number of halogens is 1. The lowest BCUT2D eigenvalue weighted by molar-refractivity contribution is -0.123. The van der Waals surface area contributed by atoms with Crippen LogP contribution in [0.2, 0.25) is 0 Å². The van der Waals surface area contributed by atoms with Crippen LogP contribution in [0.15, 0.2) is 29.2 Å². The maximum atomic E-state index is 13.7. The summed E-state index contributed by atoms with van der Waals surface area (Å²) in [5, 5.41) is 0. The van der Waals surface area contributed by atoms with Gasteiger partial charge in [-0.1, -0.05) is 42.2 Å². The van der Waals surface area contributed by atoms with Gasteiger partial charge in [-0.05, 0) is 18.6 Å². The van der Waals surface area contributed by atoms with Gasteiger partial charge in [-0.3, -0.25) is 9.69 Å². The summed E-state index contributed by atoms with van der Waals surface area (Å²) in [5.74, 6) is -0.760. The molecule has 0 aliphatic carbocycles. The predicted molar refractivity (Wildman–Crippen MR) is 88.5 cm³/mol. The van der Waals surface area contributed by atoms with Gasteiger partial charge in [-0.25, -0.2) is 12.8 Å². The van der Waals surface area contributed by atoms with Gasteiger partial charge in [-0.2, -0.15) is 0 Å². The zero-order chi connectivity index (χ0) is 15.9. The molecular weight excluding hydrogens is 345 g/mol. The normalized spacial score (nSPS) is 26.1. The Hall–Kier alpha value is -1.25. The Bertz CT molecular complexity index is 788.